The van der Waals surface area contributed by atoms with Crippen LogP contribution in [-0.4, -0.2) is 29.3 Å². The summed E-state index contributed by atoms with van der Waals surface area (Å²) in [6.45, 7) is 2.72. The maximum absolute atomic E-state index is 11.8. The summed E-state index contributed by atoms with van der Waals surface area (Å²) < 4.78 is 0. The fraction of sp³-hybridized carbons (Fsp3) is 0.652. The van der Waals surface area contributed by atoms with E-state index in [1.54, 1.807) is 23.9 Å². The molecule has 4 N–H and O–H groups in total. The highest BCUT2D eigenvalue weighted by Gasteiger charge is 2.04. The third kappa shape index (κ3) is 15.0. The summed E-state index contributed by atoms with van der Waals surface area (Å²) in [6.07, 6.45) is 14.2. The highest BCUT2D eigenvalue weighted by Crippen LogP contribution is 2.19. The largest absolute Gasteiger partial charge is 0.508 e. The van der Waals surface area contributed by atoms with Gasteiger partial charge in [0, 0.05) is 23.6 Å². The molecule has 1 rings (SSSR count). The Morgan fingerprint density at radius 3 is 2.00 bits per heavy atom. The van der Waals surface area contributed by atoms with Crippen LogP contribution in [-0.2, 0) is 4.79 Å². The monoisotopic (exact) mass is 437 g/mol. The van der Waals surface area contributed by atoms with Gasteiger partial charge in [0.05, 0.1) is 0 Å². The molecule has 30 heavy (non-hydrogen) atoms. The molecule has 3 amide bonds. The molecule has 0 unspecified atom stereocenters. The lowest BCUT2D eigenvalue weighted by Gasteiger charge is -2.09. The molecule has 0 aliphatic carbocycles. The lowest BCUT2D eigenvalue weighted by molar-refractivity contribution is -0.121. The Labute approximate surface area is 185 Å². The molecule has 0 aromatic heterocycles. The molecule has 6 nitrogen and oxygen atoms in total. The van der Waals surface area contributed by atoms with E-state index in [1.807, 2.05) is 12.1 Å². The van der Waals surface area contributed by atoms with Crippen LogP contribution in [0.4, 0.5) is 4.79 Å². The topological polar surface area (TPSA) is 90.5 Å². The number of hydrazine groups is 1. The van der Waals surface area contributed by atoms with Gasteiger partial charge in [-0.2, -0.15) is 0 Å². The predicted octanol–water partition coefficient (Wildman–Crippen LogP) is 5.52. The molecule has 7 heteroatoms. The summed E-state index contributed by atoms with van der Waals surface area (Å²) in [7, 11) is 0. The van der Waals surface area contributed by atoms with Crippen LogP contribution >= 0.6 is 11.8 Å². The van der Waals surface area contributed by atoms with E-state index in [0.717, 1.165) is 17.7 Å². The minimum absolute atomic E-state index is 0.153. The highest BCUT2D eigenvalue weighted by atomic mass is 32.2. The average Bonchev–Trinajstić information content (AvgIpc) is 2.75. The molecule has 0 aliphatic rings. The van der Waals surface area contributed by atoms with Gasteiger partial charge in [-0.05, 0) is 30.7 Å². The first-order chi connectivity index (χ1) is 14.6. The van der Waals surface area contributed by atoms with Crippen molar-refractivity contribution in [3.8, 4) is 5.75 Å². The zero-order valence-corrected chi connectivity index (χ0v) is 19.2. The quantitative estimate of drug-likeness (QED) is 0.156. The van der Waals surface area contributed by atoms with E-state index < -0.39 is 6.03 Å². The van der Waals surface area contributed by atoms with E-state index >= 15 is 0 Å². The van der Waals surface area contributed by atoms with E-state index in [0.29, 0.717) is 18.7 Å². The Morgan fingerprint density at radius 2 is 1.40 bits per heavy atom. The first-order valence-electron chi connectivity index (χ1n) is 11.4. The first-order valence-corrected chi connectivity index (χ1v) is 12.3. The van der Waals surface area contributed by atoms with Gasteiger partial charge >= 0.3 is 6.03 Å². The summed E-state index contributed by atoms with van der Waals surface area (Å²) in [5.41, 5.74) is 4.83. The van der Waals surface area contributed by atoms with E-state index in [1.165, 1.54) is 57.8 Å². The zero-order chi connectivity index (χ0) is 21.9. The normalized spacial score (nSPS) is 10.6. The third-order valence-electron chi connectivity index (χ3n) is 4.82. The summed E-state index contributed by atoms with van der Waals surface area (Å²) in [5.74, 6) is 0.783. The highest BCUT2D eigenvalue weighted by molar-refractivity contribution is 7.99. The van der Waals surface area contributed by atoms with Crippen LogP contribution in [0.25, 0.3) is 0 Å². The van der Waals surface area contributed by atoms with Gasteiger partial charge in [0.25, 0.3) is 0 Å². The summed E-state index contributed by atoms with van der Waals surface area (Å²) in [5, 5.41) is 11.9. The van der Waals surface area contributed by atoms with Crippen molar-refractivity contribution in [1.82, 2.24) is 16.2 Å². The lowest BCUT2D eigenvalue weighted by atomic mass is 10.1. The van der Waals surface area contributed by atoms with Crippen LogP contribution < -0.4 is 16.2 Å². The van der Waals surface area contributed by atoms with Crippen molar-refractivity contribution < 1.29 is 14.7 Å². The molecular weight excluding hydrogens is 398 g/mol. The van der Waals surface area contributed by atoms with Gasteiger partial charge in [0.1, 0.15) is 5.75 Å². The second-order valence-electron chi connectivity index (χ2n) is 7.56. The molecule has 1 aromatic carbocycles. The summed E-state index contributed by atoms with van der Waals surface area (Å²) >= 11 is 1.58. The Bertz CT molecular complexity index is 582. The number of nitrogens with one attached hydrogen (secondary N) is 3. The number of phenolic OH excluding ortho intramolecular Hbond substituents is 1. The lowest BCUT2D eigenvalue weighted by Crippen LogP contribution is -2.47. The van der Waals surface area contributed by atoms with Crippen LogP contribution in [0.2, 0.25) is 0 Å². The molecule has 0 bridgehead atoms. The molecule has 170 valence electrons. The number of phenols is 1. The number of benzene rings is 1. The molecule has 0 heterocycles. The first kappa shape index (κ1) is 26.1. The number of hydrogen-bond acceptors (Lipinski definition) is 4. The Morgan fingerprint density at radius 1 is 0.833 bits per heavy atom. The average molecular weight is 438 g/mol. The summed E-state index contributed by atoms with van der Waals surface area (Å²) in [6, 6.07) is 6.51. The standard InChI is InChI=1S/C23H39N3O3S/c1-2-3-4-5-6-7-8-9-10-11-12-13-22(28)25-26-23(29)24-18-19-30-21-16-14-20(27)15-17-21/h14-17,27H,2-13,18-19H2,1H3,(H,25,28)(H2,24,26,29). The van der Waals surface area contributed by atoms with Gasteiger partial charge in [0.15, 0.2) is 0 Å². The van der Waals surface area contributed by atoms with E-state index in [-0.39, 0.29) is 11.7 Å². The number of thioether (sulfide) groups is 1. The van der Waals surface area contributed by atoms with Crippen molar-refractivity contribution in [3.63, 3.8) is 0 Å². The van der Waals surface area contributed by atoms with Gasteiger partial charge in [-0.1, -0.05) is 71.1 Å². The van der Waals surface area contributed by atoms with E-state index in [2.05, 4.69) is 23.1 Å². The minimum Gasteiger partial charge on any atom is -0.508 e. The molecule has 0 atom stereocenters. The van der Waals surface area contributed by atoms with Crippen LogP contribution in [0, 0.1) is 0 Å². The smallest absolute Gasteiger partial charge is 0.333 e. The molecule has 0 radical (unpaired) electrons. The molecular formula is C23H39N3O3S. The fourth-order valence-electron chi connectivity index (χ4n) is 3.06. The molecule has 0 saturated heterocycles. The predicted molar refractivity (Wildman–Crippen MR) is 125 cm³/mol. The van der Waals surface area contributed by atoms with Crippen LogP contribution in [0.3, 0.4) is 0 Å². The number of aromatic hydroxyl groups is 1. The van der Waals surface area contributed by atoms with E-state index in [4.69, 9.17) is 0 Å². The zero-order valence-electron chi connectivity index (χ0n) is 18.4. The Kier molecular flexibility index (Phi) is 15.6. The van der Waals surface area contributed by atoms with Gasteiger partial charge in [-0.3, -0.25) is 10.2 Å². The van der Waals surface area contributed by atoms with Crippen LogP contribution in [0.5, 0.6) is 5.75 Å². The van der Waals surface area contributed by atoms with Gasteiger partial charge in [-0.25, -0.2) is 10.2 Å². The van der Waals surface area contributed by atoms with Crippen molar-refractivity contribution >= 4 is 23.7 Å². The van der Waals surface area contributed by atoms with Crippen LogP contribution in [0.1, 0.15) is 84.0 Å². The number of hydrogen-bond donors (Lipinski definition) is 4. The molecule has 0 aliphatic heterocycles. The Hall–Kier alpha value is -1.89. The van der Waals surface area contributed by atoms with Gasteiger partial charge < -0.3 is 10.4 Å². The number of unbranched alkanes of at least 4 members (excludes halogenated alkanes) is 10. The van der Waals surface area contributed by atoms with E-state index in [9.17, 15) is 14.7 Å². The van der Waals surface area contributed by atoms with Crippen molar-refractivity contribution in [1.29, 1.82) is 0 Å². The SMILES string of the molecule is CCCCCCCCCCCCCC(=O)NNC(=O)NCCSc1ccc(O)cc1. The number of amides is 3. The van der Waals surface area contributed by atoms with Gasteiger partial charge in [0.2, 0.25) is 5.91 Å². The number of rotatable bonds is 16. The minimum atomic E-state index is -0.409. The maximum Gasteiger partial charge on any atom is 0.333 e. The molecule has 0 saturated carbocycles. The van der Waals surface area contributed by atoms with Crippen LogP contribution in [0.15, 0.2) is 29.2 Å². The van der Waals surface area contributed by atoms with Gasteiger partial charge in [-0.15, -0.1) is 11.8 Å². The maximum atomic E-state index is 11.8. The van der Waals surface area contributed by atoms with Crippen molar-refractivity contribution in [2.45, 2.75) is 88.9 Å². The molecule has 1 aromatic rings. The van der Waals surface area contributed by atoms with Crippen molar-refractivity contribution in [2.75, 3.05) is 12.3 Å². The fourth-order valence-corrected chi connectivity index (χ4v) is 3.83. The number of carbonyl (C=O) groups is 2. The summed E-state index contributed by atoms with van der Waals surface area (Å²) in [4.78, 5) is 24.5. The van der Waals surface area contributed by atoms with Crippen molar-refractivity contribution in [3.05, 3.63) is 24.3 Å². The Balaban J connectivity index is 1.88. The van der Waals surface area contributed by atoms with Crippen molar-refractivity contribution in [2.24, 2.45) is 0 Å². The number of urea groups is 1. The third-order valence-corrected chi connectivity index (χ3v) is 5.83. The molecule has 0 spiro atoms. The second kappa shape index (κ2) is 17.9. The number of carbonyl (C=O) groups excluding carboxylic acids is 2. The molecule has 0 fully saturated rings. The second-order valence-corrected chi connectivity index (χ2v) is 8.73.